The number of hydrogen-bond donors (Lipinski definition) is 2. The van der Waals surface area contributed by atoms with Gasteiger partial charge >= 0.3 is 0 Å². The Morgan fingerprint density at radius 2 is 2.18 bits per heavy atom. The molecule has 2 rings (SSSR count). The quantitative estimate of drug-likeness (QED) is 0.727. The summed E-state index contributed by atoms with van der Waals surface area (Å²) in [5.41, 5.74) is 1.16. The number of methoxy groups -OCH3 is 2. The molecule has 1 saturated heterocycles. The summed E-state index contributed by atoms with van der Waals surface area (Å²) in [6.45, 7) is 2.49. The molecule has 1 unspecified atom stereocenters. The molecule has 0 aliphatic carbocycles. The van der Waals surface area contributed by atoms with Crippen molar-refractivity contribution >= 4 is 5.91 Å². The summed E-state index contributed by atoms with van der Waals surface area (Å²) in [5.74, 6) is 1.46. The number of hydrogen-bond acceptors (Lipinski definition) is 5. The van der Waals surface area contributed by atoms with Crippen LogP contribution < -0.4 is 20.1 Å². The number of benzene rings is 1. The van der Waals surface area contributed by atoms with Crippen molar-refractivity contribution in [1.82, 2.24) is 10.6 Å². The molecule has 22 heavy (non-hydrogen) atoms. The van der Waals surface area contributed by atoms with Crippen LogP contribution in [0.2, 0.25) is 0 Å². The van der Waals surface area contributed by atoms with Crippen molar-refractivity contribution in [3.8, 4) is 11.5 Å². The number of morpholine rings is 1. The minimum Gasteiger partial charge on any atom is -0.493 e. The van der Waals surface area contributed by atoms with Gasteiger partial charge in [0.05, 0.1) is 27.4 Å². The number of rotatable bonds is 7. The molecule has 1 heterocycles. The Bertz CT molecular complexity index is 487. The van der Waals surface area contributed by atoms with Crippen LogP contribution in [0.25, 0.3) is 0 Å². The fraction of sp³-hybridized carbons (Fsp3) is 0.562. The van der Waals surface area contributed by atoms with Gasteiger partial charge in [-0.1, -0.05) is 6.07 Å². The van der Waals surface area contributed by atoms with Gasteiger partial charge in [-0.25, -0.2) is 0 Å². The average molecular weight is 308 g/mol. The Balaban J connectivity index is 1.73. The van der Waals surface area contributed by atoms with Gasteiger partial charge in [0, 0.05) is 13.1 Å². The SMILES string of the molecule is COc1ccc(CCCNC(=O)C2COCCN2)cc1OC. The van der Waals surface area contributed by atoms with Gasteiger partial charge in [-0.2, -0.15) is 0 Å². The number of nitrogens with one attached hydrogen (secondary N) is 2. The van der Waals surface area contributed by atoms with Crippen molar-refractivity contribution in [3.63, 3.8) is 0 Å². The first-order valence-corrected chi connectivity index (χ1v) is 7.54. The van der Waals surface area contributed by atoms with Gasteiger partial charge in [0.2, 0.25) is 5.91 Å². The van der Waals surface area contributed by atoms with E-state index in [0.29, 0.717) is 19.8 Å². The Kier molecular flexibility index (Phi) is 6.48. The normalized spacial score (nSPS) is 17.8. The van der Waals surface area contributed by atoms with Crippen LogP contribution in [0.15, 0.2) is 18.2 Å². The Hall–Kier alpha value is -1.79. The third-order valence-electron chi connectivity index (χ3n) is 3.63. The molecule has 6 heteroatoms. The molecular formula is C16H24N2O4. The van der Waals surface area contributed by atoms with Gasteiger partial charge < -0.3 is 24.8 Å². The monoisotopic (exact) mass is 308 g/mol. The fourth-order valence-electron chi connectivity index (χ4n) is 2.40. The highest BCUT2D eigenvalue weighted by molar-refractivity contribution is 5.81. The second kappa shape index (κ2) is 8.60. The van der Waals surface area contributed by atoms with Gasteiger partial charge in [-0.3, -0.25) is 4.79 Å². The molecule has 0 saturated carbocycles. The summed E-state index contributed by atoms with van der Waals surface area (Å²) in [5, 5.41) is 6.07. The zero-order valence-corrected chi connectivity index (χ0v) is 13.2. The van der Waals surface area contributed by atoms with Crippen molar-refractivity contribution in [1.29, 1.82) is 0 Å². The molecule has 1 amide bonds. The number of carbonyl (C=O) groups excluding carboxylic acids is 1. The highest BCUT2D eigenvalue weighted by Crippen LogP contribution is 2.27. The van der Waals surface area contributed by atoms with Crippen molar-refractivity contribution in [2.45, 2.75) is 18.9 Å². The predicted octanol–water partition coefficient (Wildman–Crippen LogP) is 0.741. The summed E-state index contributed by atoms with van der Waals surface area (Å²) < 4.78 is 15.8. The lowest BCUT2D eigenvalue weighted by molar-refractivity contribution is -0.125. The molecule has 6 nitrogen and oxygen atoms in total. The number of ether oxygens (including phenoxy) is 3. The number of amides is 1. The van der Waals surface area contributed by atoms with Gasteiger partial charge in [0.15, 0.2) is 11.5 Å². The van der Waals surface area contributed by atoms with Crippen molar-refractivity contribution in [2.24, 2.45) is 0 Å². The summed E-state index contributed by atoms with van der Waals surface area (Å²) in [4.78, 5) is 11.9. The van der Waals surface area contributed by atoms with Crippen molar-refractivity contribution in [2.75, 3.05) is 40.5 Å². The zero-order chi connectivity index (χ0) is 15.8. The van der Waals surface area contributed by atoms with Crippen LogP contribution in [-0.4, -0.2) is 52.5 Å². The summed E-state index contributed by atoms with van der Waals surface area (Å²) in [7, 11) is 3.25. The highest BCUT2D eigenvalue weighted by atomic mass is 16.5. The van der Waals surface area contributed by atoms with Crippen LogP contribution >= 0.6 is 0 Å². The fourth-order valence-corrected chi connectivity index (χ4v) is 2.40. The standard InChI is InChI=1S/C16H24N2O4/c1-20-14-6-5-12(10-15(14)21-2)4-3-7-18-16(19)13-11-22-9-8-17-13/h5-6,10,13,17H,3-4,7-9,11H2,1-2H3,(H,18,19). The van der Waals surface area contributed by atoms with Crippen LogP contribution in [-0.2, 0) is 16.0 Å². The molecule has 122 valence electrons. The second-order valence-electron chi connectivity index (χ2n) is 5.17. The summed E-state index contributed by atoms with van der Waals surface area (Å²) >= 11 is 0. The molecular weight excluding hydrogens is 284 g/mol. The lowest BCUT2D eigenvalue weighted by Crippen LogP contribution is -2.51. The van der Waals surface area contributed by atoms with Gasteiger partial charge in [-0.15, -0.1) is 0 Å². The van der Waals surface area contributed by atoms with Crippen molar-refractivity contribution < 1.29 is 19.0 Å². The smallest absolute Gasteiger partial charge is 0.239 e. The van der Waals surface area contributed by atoms with E-state index in [-0.39, 0.29) is 11.9 Å². The van der Waals surface area contributed by atoms with Crippen LogP contribution in [0.5, 0.6) is 11.5 Å². The molecule has 1 atom stereocenters. The first-order chi connectivity index (χ1) is 10.7. The molecule has 0 bridgehead atoms. The second-order valence-corrected chi connectivity index (χ2v) is 5.17. The molecule has 1 aliphatic heterocycles. The summed E-state index contributed by atoms with van der Waals surface area (Å²) in [6.07, 6.45) is 1.74. The van der Waals surface area contributed by atoms with Crippen LogP contribution in [0.4, 0.5) is 0 Å². The third-order valence-corrected chi connectivity index (χ3v) is 3.63. The first-order valence-electron chi connectivity index (χ1n) is 7.54. The maximum atomic E-state index is 11.9. The average Bonchev–Trinajstić information content (AvgIpc) is 2.59. The third kappa shape index (κ3) is 4.61. The van der Waals surface area contributed by atoms with Gasteiger partial charge in [-0.05, 0) is 30.5 Å². The van der Waals surface area contributed by atoms with E-state index in [1.54, 1.807) is 14.2 Å². The minimum atomic E-state index is -0.227. The number of carbonyl (C=O) groups is 1. The molecule has 1 aliphatic rings. The zero-order valence-electron chi connectivity index (χ0n) is 13.2. The lowest BCUT2D eigenvalue weighted by Gasteiger charge is -2.22. The van der Waals surface area contributed by atoms with E-state index in [4.69, 9.17) is 14.2 Å². The Labute approximate surface area is 131 Å². The molecule has 2 N–H and O–H groups in total. The van der Waals surface area contributed by atoms with Gasteiger partial charge in [0.1, 0.15) is 6.04 Å². The van der Waals surface area contributed by atoms with Crippen LogP contribution in [0, 0.1) is 0 Å². The van der Waals surface area contributed by atoms with Crippen LogP contribution in [0.1, 0.15) is 12.0 Å². The molecule has 0 aromatic heterocycles. The maximum Gasteiger partial charge on any atom is 0.239 e. The lowest BCUT2D eigenvalue weighted by atomic mass is 10.1. The summed E-state index contributed by atoms with van der Waals surface area (Å²) in [6, 6.07) is 5.65. The van der Waals surface area contributed by atoms with E-state index < -0.39 is 0 Å². The van der Waals surface area contributed by atoms with E-state index >= 15 is 0 Å². The topological polar surface area (TPSA) is 68.8 Å². The van der Waals surface area contributed by atoms with E-state index in [0.717, 1.165) is 36.4 Å². The first kappa shape index (κ1) is 16.6. The highest BCUT2D eigenvalue weighted by Gasteiger charge is 2.20. The largest absolute Gasteiger partial charge is 0.493 e. The molecule has 0 spiro atoms. The molecule has 0 radical (unpaired) electrons. The van der Waals surface area contributed by atoms with E-state index in [9.17, 15) is 4.79 Å². The predicted molar refractivity (Wildman–Crippen MR) is 83.5 cm³/mol. The minimum absolute atomic E-state index is 0.00649. The van der Waals surface area contributed by atoms with E-state index in [2.05, 4.69) is 10.6 Å². The molecule has 1 fully saturated rings. The van der Waals surface area contributed by atoms with Crippen LogP contribution in [0.3, 0.4) is 0 Å². The maximum absolute atomic E-state index is 11.9. The number of aryl methyl sites for hydroxylation is 1. The molecule has 1 aromatic rings. The van der Waals surface area contributed by atoms with Gasteiger partial charge in [0.25, 0.3) is 0 Å². The Morgan fingerprint density at radius 1 is 1.36 bits per heavy atom. The molecule has 1 aromatic carbocycles. The Morgan fingerprint density at radius 3 is 2.86 bits per heavy atom. The van der Waals surface area contributed by atoms with Crippen molar-refractivity contribution in [3.05, 3.63) is 23.8 Å². The van der Waals surface area contributed by atoms with E-state index in [1.165, 1.54) is 0 Å². The van der Waals surface area contributed by atoms with E-state index in [1.807, 2.05) is 18.2 Å².